The minimum Gasteiger partial charge on any atom is -0.490 e. The largest absolute Gasteiger partial charge is 0.490 e. The molecule has 2 rings (SSSR count). The van der Waals surface area contributed by atoms with Crippen molar-refractivity contribution in [1.29, 1.82) is 0 Å². The van der Waals surface area contributed by atoms with E-state index < -0.39 is 0 Å². The number of carbonyl (C=O) groups excluding carboxylic acids is 1. The van der Waals surface area contributed by atoms with Crippen LogP contribution >= 0.6 is 15.9 Å². The fraction of sp³-hybridized carbons (Fsp3) is 0.176. The van der Waals surface area contributed by atoms with Crippen molar-refractivity contribution in [3.63, 3.8) is 0 Å². The van der Waals surface area contributed by atoms with Crippen LogP contribution in [-0.2, 0) is 9.53 Å². The number of esters is 1. The predicted octanol–water partition coefficient (Wildman–Crippen LogP) is 3.49. The van der Waals surface area contributed by atoms with E-state index in [9.17, 15) is 4.79 Å². The Bertz CT molecular complexity index is 671. The smallest absolute Gasteiger partial charge is 0.330 e. The third-order valence-electron chi connectivity index (χ3n) is 2.83. The number of hydrogen-bond donors (Lipinski definition) is 0. The fourth-order valence-electron chi connectivity index (χ4n) is 1.70. The van der Waals surface area contributed by atoms with Crippen LogP contribution in [0.2, 0.25) is 0 Å². The van der Waals surface area contributed by atoms with E-state index in [1.54, 1.807) is 12.3 Å². The molecule has 0 radical (unpaired) electrons. The number of methoxy groups -OCH3 is 1. The van der Waals surface area contributed by atoms with Crippen LogP contribution in [-0.4, -0.2) is 31.3 Å². The maximum absolute atomic E-state index is 11.0. The number of carbonyl (C=O) groups is 1. The summed E-state index contributed by atoms with van der Waals surface area (Å²) in [5.41, 5.74) is 0.887. The highest BCUT2D eigenvalue weighted by atomic mass is 79.9. The lowest BCUT2D eigenvalue weighted by Gasteiger charge is -2.09. The fourth-order valence-corrected chi connectivity index (χ4v) is 2.06. The van der Waals surface area contributed by atoms with Gasteiger partial charge in [-0.25, -0.2) is 9.78 Å². The summed E-state index contributed by atoms with van der Waals surface area (Å²) in [6.45, 7) is 0.826. The third kappa shape index (κ3) is 5.75. The van der Waals surface area contributed by atoms with Crippen molar-refractivity contribution in [2.24, 2.45) is 0 Å². The molecule has 0 atom stereocenters. The van der Waals surface area contributed by atoms with Crippen LogP contribution in [0, 0.1) is 0 Å². The molecule has 0 aliphatic carbocycles. The molecular weight excluding hydrogens is 362 g/mol. The van der Waals surface area contributed by atoms with Crippen molar-refractivity contribution in [2.45, 2.75) is 0 Å². The Labute approximate surface area is 143 Å². The number of rotatable bonds is 7. The summed E-state index contributed by atoms with van der Waals surface area (Å²) in [7, 11) is 1.34. The molecule has 0 bridgehead atoms. The Kier molecular flexibility index (Phi) is 6.62. The minimum atomic E-state index is -0.385. The zero-order chi connectivity index (χ0) is 16.5. The molecule has 1 heterocycles. The van der Waals surface area contributed by atoms with Crippen LogP contribution in [0.1, 0.15) is 5.56 Å². The van der Waals surface area contributed by atoms with E-state index in [-0.39, 0.29) is 5.97 Å². The molecule has 0 aliphatic rings. The number of hydrogen-bond acceptors (Lipinski definition) is 5. The standard InChI is InChI=1S/C17H16BrNO4/c1-21-16(20)9-6-13-4-7-14(8-5-13)22-11-12-23-15-3-2-10-19-17(15)18/h2-10H,11-12H2,1H3. The summed E-state index contributed by atoms with van der Waals surface area (Å²) in [4.78, 5) is 15.1. The Morgan fingerprint density at radius 3 is 2.61 bits per heavy atom. The minimum absolute atomic E-state index is 0.385. The van der Waals surface area contributed by atoms with Gasteiger partial charge in [-0.2, -0.15) is 0 Å². The van der Waals surface area contributed by atoms with Crippen molar-refractivity contribution in [3.05, 3.63) is 58.8 Å². The predicted molar refractivity (Wildman–Crippen MR) is 90.4 cm³/mol. The van der Waals surface area contributed by atoms with E-state index in [2.05, 4.69) is 25.7 Å². The van der Waals surface area contributed by atoms with E-state index in [0.717, 1.165) is 11.3 Å². The average molecular weight is 378 g/mol. The van der Waals surface area contributed by atoms with Gasteiger partial charge < -0.3 is 14.2 Å². The lowest BCUT2D eigenvalue weighted by Crippen LogP contribution is -2.09. The molecule has 5 nitrogen and oxygen atoms in total. The van der Waals surface area contributed by atoms with Gasteiger partial charge >= 0.3 is 5.97 Å². The van der Waals surface area contributed by atoms with Crippen LogP contribution < -0.4 is 9.47 Å². The van der Waals surface area contributed by atoms with Gasteiger partial charge in [0.2, 0.25) is 0 Å². The second-order valence-corrected chi connectivity index (χ2v) is 5.17. The highest BCUT2D eigenvalue weighted by Gasteiger charge is 2.01. The highest BCUT2D eigenvalue weighted by Crippen LogP contribution is 2.21. The molecule has 0 N–H and O–H groups in total. The van der Waals surface area contributed by atoms with Crippen LogP contribution in [0.4, 0.5) is 0 Å². The van der Waals surface area contributed by atoms with Crippen LogP contribution in [0.15, 0.2) is 53.3 Å². The molecule has 0 saturated carbocycles. The Morgan fingerprint density at radius 1 is 1.17 bits per heavy atom. The Morgan fingerprint density at radius 2 is 1.91 bits per heavy atom. The molecule has 6 heteroatoms. The molecule has 0 fully saturated rings. The molecule has 2 aromatic rings. The molecule has 1 aromatic carbocycles. The zero-order valence-corrected chi connectivity index (χ0v) is 14.2. The Hall–Kier alpha value is -2.34. The van der Waals surface area contributed by atoms with Crippen molar-refractivity contribution >= 4 is 28.0 Å². The number of ether oxygens (including phenoxy) is 3. The molecule has 1 aromatic heterocycles. The number of aromatic nitrogens is 1. The van der Waals surface area contributed by atoms with E-state index in [4.69, 9.17) is 9.47 Å². The monoisotopic (exact) mass is 377 g/mol. The first kappa shape index (κ1) is 17.0. The summed E-state index contributed by atoms with van der Waals surface area (Å²) in [5.74, 6) is 1.03. The summed E-state index contributed by atoms with van der Waals surface area (Å²) < 4.78 is 16.4. The Balaban J connectivity index is 1.77. The van der Waals surface area contributed by atoms with Crippen LogP contribution in [0.25, 0.3) is 6.08 Å². The van der Waals surface area contributed by atoms with Gasteiger partial charge in [0.25, 0.3) is 0 Å². The highest BCUT2D eigenvalue weighted by molar-refractivity contribution is 9.10. The number of nitrogens with zero attached hydrogens (tertiary/aromatic N) is 1. The summed E-state index contributed by atoms with van der Waals surface area (Å²) in [6.07, 6.45) is 4.73. The second kappa shape index (κ2) is 8.95. The molecule has 0 spiro atoms. The van der Waals surface area contributed by atoms with Crippen molar-refractivity contribution in [1.82, 2.24) is 4.98 Å². The first-order valence-corrected chi connectivity index (χ1v) is 7.70. The van der Waals surface area contributed by atoms with E-state index in [0.29, 0.717) is 23.6 Å². The topological polar surface area (TPSA) is 57.7 Å². The second-order valence-electron chi connectivity index (χ2n) is 4.41. The van der Waals surface area contributed by atoms with E-state index in [1.807, 2.05) is 36.4 Å². The molecule has 120 valence electrons. The zero-order valence-electron chi connectivity index (χ0n) is 12.6. The summed E-state index contributed by atoms with van der Waals surface area (Å²) in [5, 5.41) is 0. The quantitative estimate of drug-likeness (QED) is 0.320. The SMILES string of the molecule is COC(=O)C=Cc1ccc(OCCOc2cccnc2Br)cc1. The first-order valence-electron chi connectivity index (χ1n) is 6.91. The van der Waals surface area contributed by atoms with Gasteiger partial charge in [-0.15, -0.1) is 0 Å². The molecule has 0 saturated heterocycles. The number of halogens is 1. The summed E-state index contributed by atoms with van der Waals surface area (Å²) >= 11 is 3.31. The van der Waals surface area contributed by atoms with Gasteiger partial charge in [-0.05, 0) is 51.8 Å². The van der Waals surface area contributed by atoms with Crippen molar-refractivity contribution in [3.8, 4) is 11.5 Å². The molecule has 0 amide bonds. The summed E-state index contributed by atoms with van der Waals surface area (Å²) in [6, 6.07) is 11.0. The lowest BCUT2D eigenvalue weighted by molar-refractivity contribution is -0.134. The van der Waals surface area contributed by atoms with Crippen molar-refractivity contribution < 1.29 is 19.0 Å². The van der Waals surface area contributed by atoms with Gasteiger partial charge in [0.1, 0.15) is 23.6 Å². The molecular formula is C17H16BrNO4. The number of benzene rings is 1. The lowest BCUT2D eigenvalue weighted by atomic mass is 10.2. The maximum Gasteiger partial charge on any atom is 0.330 e. The normalized spacial score (nSPS) is 10.5. The molecule has 0 aliphatic heterocycles. The third-order valence-corrected chi connectivity index (χ3v) is 3.42. The number of pyridine rings is 1. The maximum atomic E-state index is 11.0. The first-order chi connectivity index (χ1) is 11.2. The van der Waals surface area contributed by atoms with Gasteiger partial charge in [-0.1, -0.05) is 12.1 Å². The molecule has 23 heavy (non-hydrogen) atoms. The van der Waals surface area contributed by atoms with Gasteiger partial charge in [0.15, 0.2) is 5.75 Å². The van der Waals surface area contributed by atoms with Gasteiger partial charge in [-0.3, -0.25) is 0 Å². The van der Waals surface area contributed by atoms with Crippen molar-refractivity contribution in [2.75, 3.05) is 20.3 Å². The van der Waals surface area contributed by atoms with E-state index >= 15 is 0 Å². The molecule has 0 unspecified atom stereocenters. The van der Waals surface area contributed by atoms with Crippen LogP contribution in [0.5, 0.6) is 11.5 Å². The average Bonchev–Trinajstić information content (AvgIpc) is 2.59. The van der Waals surface area contributed by atoms with Gasteiger partial charge in [0, 0.05) is 12.3 Å². The van der Waals surface area contributed by atoms with E-state index in [1.165, 1.54) is 13.2 Å². The van der Waals surface area contributed by atoms with Gasteiger partial charge in [0.05, 0.1) is 7.11 Å². The van der Waals surface area contributed by atoms with Crippen LogP contribution in [0.3, 0.4) is 0 Å².